The predicted molar refractivity (Wildman–Crippen MR) is 126 cm³/mol. The predicted octanol–water partition coefficient (Wildman–Crippen LogP) is 2.51. The highest BCUT2D eigenvalue weighted by atomic mass is 16.2. The maximum atomic E-state index is 13.3. The van der Waals surface area contributed by atoms with Gasteiger partial charge in [0.15, 0.2) is 0 Å². The highest BCUT2D eigenvalue weighted by Crippen LogP contribution is 2.39. The summed E-state index contributed by atoms with van der Waals surface area (Å²) >= 11 is 0. The van der Waals surface area contributed by atoms with E-state index in [0.29, 0.717) is 45.4 Å². The molecule has 1 aromatic carbocycles. The van der Waals surface area contributed by atoms with E-state index in [1.807, 2.05) is 42.3 Å². The molecule has 33 heavy (non-hydrogen) atoms. The summed E-state index contributed by atoms with van der Waals surface area (Å²) in [4.78, 5) is 46.0. The van der Waals surface area contributed by atoms with Crippen LogP contribution < -0.4 is 5.32 Å². The molecule has 2 fully saturated rings. The first-order valence-corrected chi connectivity index (χ1v) is 11.7. The molecule has 3 heterocycles. The number of likely N-dealkylation sites (tertiary alicyclic amines) is 2. The van der Waals surface area contributed by atoms with Gasteiger partial charge in [0.2, 0.25) is 17.7 Å². The Bertz CT molecular complexity index is 1020. The fraction of sp³-hybridized carbons (Fsp3) is 0.462. The standard InChI is InChI=1S/C26H32N4O3/c1-3-28-25(33)26(16-19-7-4-5-9-22(19)20-8-6-12-27-17-20)10-13-30(14-11-26)24(32)21-15-23(31)29(2)18-21/h4-9,12,17,21H,3,10-11,13-16,18H2,1-2H3,(H,28,33)/t21-/m0/s1. The van der Waals surface area contributed by atoms with Crippen LogP contribution in [0.15, 0.2) is 48.8 Å². The lowest BCUT2D eigenvalue weighted by atomic mass is 9.72. The van der Waals surface area contributed by atoms with Crippen molar-refractivity contribution in [3.63, 3.8) is 0 Å². The van der Waals surface area contributed by atoms with E-state index >= 15 is 0 Å². The van der Waals surface area contributed by atoms with Gasteiger partial charge in [-0.15, -0.1) is 0 Å². The van der Waals surface area contributed by atoms with Crippen molar-refractivity contribution in [1.82, 2.24) is 20.1 Å². The number of pyridine rings is 1. The maximum Gasteiger partial charge on any atom is 0.227 e. The zero-order valence-electron chi connectivity index (χ0n) is 19.4. The summed E-state index contributed by atoms with van der Waals surface area (Å²) in [5.74, 6) is -0.165. The second-order valence-corrected chi connectivity index (χ2v) is 9.22. The third kappa shape index (κ3) is 4.77. The van der Waals surface area contributed by atoms with Crippen LogP contribution in [0, 0.1) is 11.3 Å². The number of benzene rings is 1. The lowest BCUT2D eigenvalue weighted by Gasteiger charge is -2.41. The van der Waals surface area contributed by atoms with Gasteiger partial charge in [0, 0.05) is 57.6 Å². The van der Waals surface area contributed by atoms with Crippen molar-refractivity contribution >= 4 is 17.7 Å². The quantitative estimate of drug-likeness (QED) is 0.736. The average Bonchev–Trinajstić information content (AvgIpc) is 3.18. The van der Waals surface area contributed by atoms with Crippen LogP contribution in [0.2, 0.25) is 0 Å². The molecule has 3 amide bonds. The third-order valence-electron chi connectivity index (χ3n) is 7.06. The Balaban J connectivity index is 1.54. The molecule has 0 bridgehead atoms. The van der Waals surface area contributed by atoms with Gasteiger partial charge in [0.05, 0.1) is 11.3 Å². The van der Waals surface area contributed by atoms with Gasteiger partial charge in [-0.3, -0.25) is 19.4 Å². The smallest absolute Gasteiger partial charge is 0.227 e. The zero-order chi connectivity index (χ0) is 23.4. The van der Waals surface area contributed by atoms with E-state index in [-0.39, 0.29) is 30.1 Å². The van der Waals surface area contributed by atoms with Gasteiger partial charge < -0.3 is 15.1 Å². The summed E-state index contributed by atoms with van der Waals surface area (Å²) in [5.41, 5.74) is 2.65. The summed E-state index contributed by atoms with van der Waals surface area (Å²) in [5, 5.41) is 3.04. The molecule has 2 saturated heterocycles. The number of aromatic nitrogens is 1. The molecule has 7 nitrogen and oxygen atoms in total. The van der Waals surface area contributed by atoms with E-state index in [2.05, 4.69) is 22.4 Å². The number of piperidine rings is 1. The average molecular weight is 449 g/mol. The number of nitrogens with zero attached hydrogens (tertiary/aromatic N) is 3. The van der Waals surface area contributed by atoms with Gasteiger partial charge in [-0.1, -0.05) is 30.3 Å². The lowest BCUT2D eigenvalue weighted by molar-refractivity contribution is -0.143. The Morgan fingerprint density at radius 2 is 1.91 bits per heavy atom. The van der Waals surface area contributed by atoms with Crippen molar-refractivity contribution in [2.75, 3.05) is 33.2 Å². The number of amides is 3. The minimum absolute atomic E-state index is 0.0223. The number of rotatable bonds is 6. The Hall–Kier alpha value is -3.22. The van der Waals surface area contributed by atoms with Gasteiger partial charge in [0.1, 0.15) is 0 Å². The number of carbonyl (C=O) groups excluding carboxylic acids is 3. The summed E-state index contributed by atoms with van der Waals surface area (Å²) in [6.07, 6.45) is 5.69. The molecule has 0 aliphatic carbocycles. The van der Waals surface area contributed by atoms with Crippen molar-refractivity contribution in [3.05, 3.63) is 54.4 Å². The second-order valence-electron chi connectivity index (χ2n) is 9.22. The topological polar surface area (TPSA) is 82.6 Å². The van der Waals surface area contributed by atoms with Crippen LogP contribution in [-0.2, 0) is 20.8 Å². The summed E-state index contributed by atoms with van der Waals surface area (Å²) in [6.45, 7) is 4.04. The van der Waals surface area contributed by atoms with Crippen LogP contribution in [0.25, 0.3) is 11.1 Å². The van der Waals surface area contributed by atoms with Gasteiger partial charge >= 0.3 is 0 Å². The molecular weight excluding hydrogens is 416 g/mol. The first-order valence-electron chi connectivity index (χ1n) is 11.7. The second kappa shape index (κ2) is 9.73. The first-order chi connectivity index (χ1) is 15.9. The monoisotopic (exact) mass is 448 g/mol. The van der Waals surface area contributed by atoms with Crippen molar-refractivity contribution in [3.8, 4) is 11.1 Å². The molecule has 2 aliphatic rings. The number of nitrogens with one attached hydrogen (secondary N) is 1. The van der Waals surface area contributed by atoms with E-state index in [4.69, 9.17) is 0 Å². The summed E-state index contributed by atoms with van der Waals surface area (Å²) < 4.78 is 0. The van der Waals surface area contributed by atoms with E-state index in [0.717, 1.165) is 16.7 Å². The molecule has 7 heteroatoms. The zero-order valence-corrected chi connectivity index (χ0v) is 19.4. The highest BCUT2D eigenvalue weighted by molar-refractivity contribution is 5.89. The molecule has 2 aliphatic heterocycles. The van der Waals surface area contributed by atoms with E-state index in [9.17, 15) is 14.4 Å². The lowest BCUT2D eigenvalue weighted by Crippen LogP contribution is -2.52. The van der Waals surface area contributed by atoms with E-state index in [1.54, 1.807) is 18.1 Å². The van der Waals surface area contributed by atoms with Crippen molar-refractivity contribution in [1.29, 1.82) is 0 Å². The molecule has 0 saturated carbocycles. The molecule has 0 unspecified atom stereocenters. The van der Waals surface area contributed by atoms with Crippen LogP contribution in [0.5, 0.6) is 0 Å². The largest absolute Gasteiger partial charge is 0.356 e. The fourth-order valence-corrected chi connectivity index (χ4v) is 5.12. The molecule has 1 atom stereocenters. The van der Waals surface area contributed by atoms with Crippen LogP contribution in [0.1, 0.15) is 31.7 Å². The molecule has 1 aromatic heterocycles. The normalized spacial score (nSPS) is 20.1. The van der Waals surface area contributed by atoms with Gasteiger partial charge in [-0.05, 0) is 43.4 Å². The van der Waals surface area contributed by atoms with Crippen molar-refractivity contribution < 1.29 is 14.4 Å². The summed E-state index contributed by atoms with van der Waals surface area (Å²) in [7, 11) is 1.74. The minimum atomic E-state index is -0.576. The van der Waals surface area contributed by atoms with Crippen LogP contribution >= 0.6 is 0 Å². The molecule has 174 valence electrons. The Morgan fingerprint density at radius 3 is 2.55 bits per heavy atom. The Morgan fingerprint density at radius 1 is 1.15 bits per heavy atom. The number of hydrogen-bond donors (Lipinski definition) is 1. The summed E-state index contributed by atoms with van der Waals surface area (Å²) in [6, 6.07) is 12.1. The van der Waals surface area contributed by atoms with E-state index in [1.165, 1.54) is 0 Å². The van der Waals surface area contributed by atoms with Gasteiger partial charge in [0.25, 0.3) is 0 Å². The van der Waals surface area contributed by atoms with Crippen molar-refractivity contribution in [2.45, 2.75) is 32.6 Å². The Labute approximate surface area is 195 Å². The fourth-order valence-electron chi connectivity index (χ4n) is 5.12. The third-order valence-corrected chi connectivity index (χ3v) is 7.06. The van der Waals surface area contributed by atoms with Crippen molar-refractivity contribution in [2.24, 2.45) is 11.3 Å². The minimum Gasteiger partial charge on any atom is -0.356 e. The first kappa shape index (κ1) is 23.0. The van der Waals surface area contributed by atoms with Crippen LogP contribution in [0.3, 0.4) is 0 Å². The van der Waals surface area contributed by atoms with Crippen LogP contribution in [0.4, 0.5) is 0 Å². The maximum absolute atomic E-state index is 13.3. The van der Waals surface area contributed by atoms with Gasteiger partial charge in [-0.25, -0.2) is 0 Å². The highest BCUT2D eigenvalue weighted by Gasteiger charge is 2.44. The Kier molecular flexibility index (Phi) is 6.77. The molecule has 0 radical (unpaired) electrons. The van der Waals surface area contributed by atoms with E-state index < -0.39 is 5.41 Å². The SMILES string of the molecule is CCNC(=O)C1(Cc2ccccc2-c2cccnc2)CCN(C(=O)[C@H]2CC(=O)N(C)C2)CC1. The number of carbonyl (C=O) groups is 3. The molecule has 2 aromatic rings. The molecule has 0 spiro atoms. The van der Waals surface area contributed by atoms with Gasteiger partial charge in [-0.2, -0.15) is 0 Å². The molecule has 1 N–H and O–H groups in total. The number of hydrogen-bond acceptors (Lipinski definition) is 4. The molecular formula is C26H32N4O3. The molecule has 4 rings (SSSR count). The van der Waals surface area contributed by atoms with Crippen LogP contribution in [-0.4, -0.2) is 65.7 Å².